The van der Waals surface area contributed by atoms with Gasteiger partial charge in [0.25, 0.3) is 0 Å². The first-order chi connectivity index (χ1) is 5.46. The zero-order valence-corrected chi connectivity index (χ0v) is 4.46. The Morgan fingerprint density at radius 3 is 2.43 bits per heavy atom. The SMILES string of the molecule is [2H]C1C([2H])C([2H])C(C)C([2H])C1[2H]. The maximum absolute atomic E-state index is 7.52. The highest BCUT2D eigenvalue weighted by atomic mass is 14.1. The Kier molecular flexibility index (Phi) is 0.586. The van der Waals surface area contributed by atoms with E-state index in [1.165, 1.54) is 0 Å². The van der Waals surface area contributed by atoms with Crippen molar-refractivity contribution < 1.29 is 6.85 Å². The van der Waals surface area contributed by atoms with E-state index in [0.29, 0.717) is 0 Å². The van der Waals surface area contributed by atoms with Crippen LogP contribution in [0.5, 0.6) is 0 Å². The molecule has 0 aliphatic heterocycles. The van der Waals surface area contributed by atoms with Gasteiger partial charge in [0.15, 0.2) is 0 Å². The quantitative estimate of drug-likeness (QED) is 0.442. The molecule has 1 aliphatic carbocycles. The minimum absolute atomic E-state index is 0.253. The lowest BCUT2D eigenvalue weighted by Crippen LogP contribution is -1.99. The molecule has 0 bridgehead atoms. The molecule has 0 aromatic rings. The van der Waals surface area contributed by atoms with Crippen molar-refractivity contribution in [1.82, 2.24) is 0 Å². The summed E-state index contributed by atoms with van der Waals surface area (Å²) in [5.74, 6) is -0.253. The lowest BCUT2D eigenvalue weighted by atomic mass is 9.91. The van der Waals surface area contributed by atoms with Crippen molar-refractivity contribution in [3.63, 3.8) is 0 Å². The summed E-state index contributed by atoms with van der Waals surface area (Å²) in [5.41, 5.74) is 0. The van der Waals surface area contributed by atoms with Crippen molar-refractivity contribution in [2.24, 2.45) is 5.92 Å². The van der Waals surface area contributed by atoms with Crippen LogP contribution >= 0.6 is 0 Å². The van der Waals surface area contributed by atoms with Gasteiger partial charge in [-0.1, -0.05) is 38.9 Å². The van der Waals surface area contributed by atoms with E-state index in [4.69, 9.17) is 6.85 Å². The highest BCUT2D eigenvalue weighted by Gasteiger charge is 2.05. The predicted molar refractivity (Wildman–Crippen MR) is 32.2 cm³/mol. The van der Waals surface area contributed by atoms with Crippen molar-refractivity contribution in [1.29, 1.82) is 0 Å². The molecule has 1 rings (SSSR count). The van der Waals surface area contributed by atoms with Crippen LogP contribution in [0.15, 0.2) is 0 Å². The van der Waals surface area contributed by atoms with Crippen LogP contribution in [0.1, 0.15) is 45.8 Å². The van der Waals surface area contributed by atoms with E-state index in [1.807, 2.05) is 0 Å². The van der Waals surface area contributed by atoms with Gasteiger partial charge in [0.1, 0.15) is 0 Å². The average molecular weight is 103 g/mol. The van der Waals surface area contributed by atoms with Crippen LogP contribution in [-0.4, -0.2) is 0 Å². The molecule has 0 amide bonds. The maximum Gasteiger partial charge on any atom is 0.0269 e. The average Bonchev–Trinajstić information content (AvgIpc) is 2.08. The first-order valence-corrected chi connectivity index (χ1v) is 2.58. The minimum atomic E-state index is -0.883. The fourth-order valence-corrected chi connectivity index (χ4v) is 0.607. The van der Waals surface area contributed by atoms with Crippen LogP contribution in [0.3, 0.4) is 0 Å². The molecule has 7 heavy (non-hydrogen) atoms. The summed E-state index contributed by atoms with van der Waals surface area (Å²) in [6.07, 6.45) is -3.85. The van der Waals surface area contributed by atoms with Gasteiger partial charge in [-0.25, -0.2) is 0 Å². The standard InChI is InChI=1S/C7H14/c1-7-5-3-2-4-6-7/h7H,2-6H2,1H3/i2D,3D,4D,5D,6D. The molecule has 0 aromatic heterocycles. The minimum Gasteiger partial charge on any atom is -0.0625 e. The molecule has 0 radical (unpaired) electrons. The first kappa shape index (κ1) is 1.75. The van der Waals surface area contributed by atoms with Crippen LogP contribution in [-0.2, 0) is 0 Å². The molecule has 1 aliphatic rings. The number of rotatable bonds is 0. The van der Waals surface area contributed by atoms with Gasteiger partial charge >= 0.3 is 0 Å². The van der Waals surface area contributed by atoms with Gasteiger partial charge < -0.3 is 0 Å². The molecule has 4 atom stereocenters. The molecule has 0 N–H and O–H groups in total. The van der Waals surface area contributed by atoms with E-state index in [9.17, 15) is 0 Å². The Bertz CT molecular complexity index is 103. The maximum atomic E-state index is 7.52. The van der Waals surface area contributed by atoms with Crippen LogP contribution < -0.4 is 0 Å². The third kappa shape index (κ3) is 1.50. The zero-order chi connectivity index (χ0) is 9.46. The summed E-state index contributed by atoms with van der Waals surface area (Å²) in [6.45, 7) is 1.73. The van der Waals surface area contributed by atoms with Crippen LogP contribution in [0.4, 0.5) is 0 Å². The number of hydrogen-bond donors (Lipinski definition) is 0. The summed E-state index contributed by atoms with van der Waals surface area (Å²) in [5, 5.41) is 0. The van der Waals surface area contributed by atoms with E-state index in [1.54, 1.807) is 6.92 Å². The van der Waals surface area contributed by atoms with E-state index < -0.39 is 32.0 Å². The molecule has 0 heteroatoms. The Hall–Kier alpha value is 0. The molecular formula is C7H14. The highest BCUT2D eigenvalue weighted by Crippen LogP contribution is 2.21. The van der Waals surface area contributed by atoms with Crippen LogP contribution in [0.2, 0.25) is 0 Å². The van der Waals surface area contributed by atoms with Crippen molar-refractivity contribution in [2.45, 2.75) is 38.9 Å². The molecule has 0 nitrogen and oxygen atoms in total. The normalized spacial score (nSPS) is 95.9. The van der Waals surface area contributed by atoms with Gasteiger partial charge in [-0.3, -0.25) is 0 Å². The second-order valence-electron chi connectivity index (χ2n) is 1.82. The van der Waals surface area contributed by atoms with E-state index in [2.05, 4.69) is 0 Å². The molecule has 4 unspecified atom stereocenters. The van der Waals surface area contributed by atoms with Gasteiger partial charge in [-0.15, -0.1) is 0 Å². The smallest absolute Gasteiger partial charge is 0.0269 e. The van der Waals surface area contributed by atoms with E-state index >= 15 is 0 Å². The third-order valence-corrected chi connectivity index (χ3v) is 1.05. The molecule has 0 spiro atoms. The molecule has 42 valence electrons. The molecule has 0 heterocycles. The summed E-state index contributed by atoms with van der Waals surface area (Å²) >= 11 is 0. The van der Waals surface area contributed by atoms with E-state index in [-0.39, 0.29) is 5.92 Å². The molecule has 0 aromatic carbocycles. The fourth-order valence-electron chi connectivity index (χ4n) is 0.607. The lowest BCUT2D eigenvalue weighted by molar-refractivity contribution is 0.385. The van der Waals surface area contributed by atoms with Gasteiger partial charge in [0.2, 0.25) is 0 Å². The van der Waals surface area contributed by atoms with Crippen molar-refractivity contribution in [3.8, 4) is 0 Å². The molecule has 0 saturated heterocycles. The Morgan fingerprint density at radius 1 is 1.29 bits per heavy atom. The highest BCUT2D eigenvalue weighted by molar-refractivity contribution is 4.59. The summed E-state index contributed by atoms with van der Waals surface area (Å²) in [4.78, 5) is 0. The second kappa shape index (κ2) is 2.34. The first-order valence-electron chi connectivity index (χ1n) is 5.46. The van der Waals surface area contributed by atoms with Gasteiger partial charge in [0, 0.05) is 6.85 Å². The van der Waals surface area contributed by atoms with Gasteiger partial charge in [-0.2, -0.15) is 0 Å². The third-order valence-electron chi connectivity index (χ3n) is 1.05. The monoisotopic (exact) mass is 103 g/mol. The molecule has 1 fully saturated rings. The molecular weight excluding hydrogens is 84.1 g/mol. The van der Waals surface area contributed by atoms with Crippen molar-refractivity contribution in [2.75, 3.05) is 0 Å². The van der Waals surface area contributed by atoms with Crippen molar-refractivity contribution >= 4 is 0 Å². The number of hydrogen-bond acceptors (Lipinski definition) is 0. The summed E-state index contributed by atoms with van der Waals surface area (Å²) in [6, 6.07) is 0. The van der Waals surface area contributed by atoms with Crippen LogP contribution in [0.25, 0.3) is 0 Å². The Labute approximate surface area is 52.9 Å². The Morgan fingerprint density at radius 2 is 1.86 bits per heavy atom. The fraction of sp³-hybridized carbons (Fsp3) is 1.00. The van der Waals surface area contributed by atoms with Gasteiger partial charge in [-0.05, 0) is 5.92 Å². The topological polar surface area (TPSA) is 0 Å². The van der Waals surface area contributed by atoms with Gasteiger partial charge in [0.05, 0.1) is 0 Å². The van der Waals surface area contributed by atoms with Crippen molar-refractivity contribution in [3.05, 3.63) is 0 Å². The summed E-state index contributed by atoms with van der Waals surface area (Å²) in [7, 11) is 0. The molecule has 1 saturated carbocycles. The second-order valence-corrected chi connectivity index (χ2v) is 1.82. The largest absolute Gasteiger partial charge is 0.0625 e. The Balaban J connectivity index is 2.76. The zero-order valence-electron chi connectivity index (χ0n) is 9.46. The van der Waals surface area contributed by atoms with Crippen LogP contribution in [0, 0.1) is 5.92 Å². The summed E-state index contributed by atoms with van der Waals surface area (Å²) < 4.78 is 37.4. The predicted octanol–water partition coefficient (Wildman–Crippen LogP) is 2.59. The lowest BCUT2D eigenvalue weighted by Gasteiger charge is -2.15. The van der Waals surface area contributed by atoms with E-state index in [0.717, 1.165) is 0 Å².